The van der Waals surface area contributed by atoms with Crippen molar-refractivity contribution in [1.82, 2.24) is 10.2 Å². The maximum absolute atomic E-state index is 12.6. The molecule has 0 spiro atoms. The van der Waals surface area contributed by atoms with Gasteiger partial charge in [-0.15, -0.1) is 0 Å². The van der Waals surface area contributed by atoms with Crippen molar-refractivity contribution in [3.05, 3.63) is 17.7 Å². The van der Waals surface area contributed by atoms with Crippen LogP contribution >= 0.6 is 0 Å². The first-order valence-corrected chi connectivity index (χ1v) is 11.3. The van der Waals surface area contributed by atoms with Crippen molar-refractivity contribution < 1.29 is 23.8 Å². The van der Waals surface area contributed by atoms with Gasteiger partial charge in [-0.3, -0.25) is 4.79 Å². The Morgan fingerprint density at radius 3 is 2.13 bits per heavy atom. The third kappa shape index (κ3) is 8.40. The van der Waals surface area contributed by atoms with Crippen molar-refractivity contribution in [3.8, 4) is 17.2 Å². The number of amides is 1. The van der Waals surface area contributed by atoms with Gasteiger partial charge in [0.1, 0.15) is 5.78 Å². The maximum Gasteiger partial charge on any atom is 0.220 e. The molecule has 0 radical (unpaired) electrons. The van der Waals surface area contributed by atoms with Gasteiger partial charge < -0.3 is 29.2 Å². The summed E-state index contributed by atoms with van der Waals surface area (Å²) in [7, 11) is 4.81. The molecule has 0 aromatic heterocycles. The van der Waals surface area contributed by atoms with E-state index in [0.29, 0.717) is 36.5 Å². The van der Waals surface area contributed by atoms with Gasteiger partial charge in [0, 0.05) is 25.4 Å². The SMILES string of the molecule is COc1cc(C[C@@H](CN2CCCC2)NC(=O)CCCCCC(C)=O)cc(OC)c1OC. The normalized spacial score (nSPS) is 14.8. The molecule has 31 heavy (non-hydrogen) atoms. The van der Waals surface area contributed by atoms with Gasteiger partial charge in [-0.2, -0.15) is 0 Å². The molecule has 1 saturated heterocycles. The molecule has 0 bridgehead atoms. The number of Topliss-reactive ketones (excluding diaryl/α,β-unsaturated/α-hetero) is 1. The molecular weight excluding hydrogens is 396 g/mol. The van der Waals surface area contributed by atoms with Crippen molar-refractivity contribution in [2.45, 2.75) is 64.3 Å². The second-order valence-electron chi connectivity index (χ2n) is 8.27. The predicted octanol–water partition coefficient (Wildman–Crippen LogP) is 3.38. The van der Waals surface area contributed by atoms with Crippen LogP contribution in [0.2, 0.25) is 0 Å². The lowest BCUT2D eigenvalue weighted by atomic mass is 10.0. The summed E-state index contributed by atoms with van der Waals surface area (Å²) in [6.07, 6.45) is 6.75. The van der Waals surface area contributed by atoms with E-state index in [0.717, 1.165) is 44.5 Å². The number of benzene rings is 1. The highest BCUT2D eigenvalue weighted by molar-refractivity contribution is 5.76. The van der Waals surface area contributed by atoms with Crippen LogP contribution in [-0.4, -0.2) is 63.6 Å². The van der Waals surface area contributed by atoms with Crippen molar-refractivity contribution >= 4 is 11.7 Å². The van der Waals surface area contributed by atoms with Gasteiger partial charge in [-0.25, -0.2) is 0 Å². The zero-order valence-corrected chi connectivity index (χ0v) is 19.5. The van der Waals surface area contributed by atoms with Crippen LogP contribution < -0.4 is 19.5 Å². The largest absolute Gasteiger partial charge is 0.493 e. The molecule has 7 nitrogen and oxygen atoms in total. The Hall–Kier alpha value is -2.28. The molecule has 1 heterocycles. The number of ether oxygens (including phenoxy) is 3. The van der Waals surface area contributed by atoms with E-state index in [1.54, 1.807) is 28.3 Å². The van der Waals surface area contributed by atoms with Gasteiger partial charge in [0.05, 0.1) is 21.3 Å². The van der Waals surface area contributed by atoms with Crippen LogP contribution in [0.15, 0.2) is 12.1 Å². The van der Waals surface area contributed by atoms with E-state index in [4.69, 9.17) is 14.2 Å². The zero-order chi connectivity index (χ0) is 22.6. The standard InChI is InChI=1S/C24H38N2O5/c1-18(27)10-6-5-7-11-23(28)25-20(17-26-12-8-9-13-26)14-19-15-21(29-2)24(31-4)22(16-19)30-3/h15-16,20H,5-14,17H2,1-4H3,(H,25,28)/t20-/m0/s1. The van der Waals surface area contributed by atoms with E-state index >= 15 is 0 Å². The van der Waals surface area contributed by atoms with Gasteiger partial charge in [0.15, 0.2) is 11.5 Å². The minimum atomic E-state index is 0.00521. The fourth-order valence-corrected chi connectivity index (χ4v) is 4.11. The molecule has 1 atom stereocenters. The molecule has 2 rings (SSSR count). The third-order valence-electron chi connectivity index (χ3n) is 5.68. The fourth-order valence-electron chi connectivity index (χ4n) is 4.11. The number of hydrogen-bond donors (Lipinski definition) is 1. The van der Waals surface area contributed by atoms with Crippen LogP contribution in [0, 0.1) is 0 Å². The molecule has 1 amide bonds. The Balaban J connectivity index is 2.02. The Kier molecular flexibility index (Phi) is 10.6. The summed E-state index contributed by atoms with van der Waals surface area (Å²) in [6.45, 7) is 4.59. The molecule has 174 valence electrons. The summed E-state index contributed by atoms with van der Waals surface area (Å²) in [5, 5.41) is 3.24. The first kappa shape index (κ1) is 25.0. The Bertz CT molecular complexity index is 691. The Morgan fingerprint density at radius 1 is 0.968 bits per heavy atom. The van der Waals surface area contributed by atoms with Crippen molar-refractivity contribution in [2.24, 2.45) is 0 Å². The highest BCUT2D eigenvalue weighted by Gasteiger charge is 2.21. The lowest BCUT2D eigenvalue weighted by Crippen LogP contribution is -2.44. The lowest BCUT2D eigenvalue weighted by Gasteiger charge is -2.25. The molecule has 0 unspecified atom stereocenters. The number of nitrogens with zero attached hydrogens (tertiary/aromatic N) is 1. The second kappa shape index (κ2) is 13.2. The van der Waals surface area contributed by atoms with E-state index in [2.05, 4.69) is 10.2 Å². The van der Waals surface area contributed by atoms with Crippen molar-refractivity contribution in [3.63, 3.8) is 0 Å². The molecule has 1 aromatic carbocycles. The van der Waals surface area contributed by atoms with Gasteiger partial charge in [0.2, 0.25) is 11.7 Å². The van der Waals surface area contributed by atoms with Crippen LogP contribution in [0.4, 0.5) is 0 Å². The molecule has 1 N–H and O–H groups in total. The summed E-state index contributed by atoms with van der Waals surface area (Å²) >= 11 is 0. The quantitative estimate of drug-likeness (QED) is 0.453. The van der Waals surface area contributed by atoms with Gasteiger partial charge >= 0.3 is 0 Å². The fraction of sp³-hybridized carbons (Fsp3) is 0.667. The first-order chi connectivity index (χ1) is 15.0. The van der Waals surface area contributed by atoms with Gasteiger partial charge in [0.25, 0.3) is 0 Å². The lowest BCUT2D eigenvalue weighted by molar-refractivity contribution is -0.122. The number of ketones is 1. The van der Waals surface area contributed by atoms with E-state index in [-0.39, 0.29) is 17.7 Å². The molecular formula is C24H38N2O5. The summed E-state index contributed by atoms with van der Waals surface area (Å²) in [5.41, 5.74) is 1.03. The Labute approximate surface area is 186 Å². The third-order valence-corrected chi connectivity index (χ3v) is 5.68. The maximum atomic E-state index is 12.6. The molecule has 1 aliphatic rings. The molecule has 1 aliphatic heterocycles. The zero-order valence-electron chi connectivity index (χ0n) is 19.5. The minimum absolute atomic E-state index is 0.00521. The monoisotopic (exact) mass is 434 g/mol. The summed E-state index contributed by atoms with van der Waals surface area (Å²) < 4.78 is 16.4. The number of hydrogen-bond acceptors (Lipinski definition) is 6. The number of carbonyl (C=O) groups is 2. The van der Waals surface area contributed by atoms with Gasteiger partial charge in [-0.1, -0.05) is 6.42 Å². The number of carbonyl (C=O) groups excluding carboxylic acids is 2. The topological polar surface area (TPSA) is 77.1 Å². The number of likely N-dealkylation sites (tertiary alicyclic amines) is 1. The van der Waals surface area contributed by atoms with Crippen LogP contribution in [0.1, 0.15) is 57.4 Å². The number of methoxy groups -OCH3 is 3. The van der Waals surface area contributed by atoms with E-state index < -0.39 is 0 Å². The molecule has 0 saturated carbocycles. The second-order valence-corrected chi connectivity index (χ2v) is 8.27. The van der Waals surface area contributed by atoms with Crippen molar-refractivity contribution in [2.75, 3.05) is 41.0 Å². The summed E-state index contributed by atoms with van der Waals surface area (Å²) in [6, 6.07) is 3.91. The summed E-state index contributed by atoms with van der Waals surface area (Å²) in [4.78, 5) is 26.1. The molecule has 1 fully saturated rings. The van der Waals surface area contributed by atoms with Crippen LogP contribution in [0.25, 0.3) is 0 Å². The Morgan fingerprint density at radius 2 is 1.58 bits per heavy atom. The highest BCUT2D eigenvalue weighted by Crippen LogP contribution is 2.38. The minimum Gasteiger partial charge on any atom is -0.493 e. The number of rotatable bonds is 14. The van der Waals surface area contributed by atoms with E-state index in [1.807, 2.05) is 12.1 Å². The number of nitrogens with one attached hydrogen (secondary N) is 1. The van der Waals surface area contributed by atoms with Crippen LogP contribution in [-0.2, 0) is 16.0 Å². The van der Waals surface area contributed by atoms with Crippen LogP contribution in [0.5, 0.6) is 17.2 Å². The predicted molar refractivity (Wildman–Crippen MR) is 121 cm³/mol. The van der Waals surface area contributed by atoms with Gasteiger partial charge in [-0.05, 0) is 69.8 Å². The van der Waals surface area contributed by atoms with Crippen molar-refractivity contribution in [1.29, 1.82) is 0 Å². The summed E-state index contributed by atoms with van der Waals surface area (Å²) in [5.74, 6) is 2.08. The molecule has 0 aliphatic carbocycles. The average Bonchev–Trinajstić information content (AvgIpc) is 3.25. The first-order valence-electron chi connectivity index (χ1n) is 11.3. The number of unbranched alkanes of at least 4 members (excludes halogenated alkanes) is 2. The smallest absolute Gasteiger partial charge is 0.220 e. The highest BCUT2D eigenvalue weighted by atomic mass is 16.5. The average molecular weight is 435 g/mol. The van der Waals surface area contributed by atoms with E-state index in [1.165, 1.54) is 12.8 Å². The molecule has 1 aromatic rings. The molecule has 7 heteroatoms. The van der Waals surface area contributed by atoms with E-state index in [9.17, 15) is 9.59 Å². The van der Waals surface area contributed by atoms with Crippen LogP contribution in [0.3, 0.4) is 0 Å².